The highest BCUT2D eigenvalue weighted by Gasteiger charge is 2.20. The van der Waals surface area contributed by atoms with E-state index in [-0.39, 0.29) is 0 Å². The summed E-state index contributed by atoms with van der Waals surface area (Å²) in [7, 11) is 1.70. The number of hydrogen-bond acceptors (Lipinski definition) is 3. The minimum atomic E-state index is 0.633. The summed E-state index contributed by atoms with van der Waals surface area (Å²) in [5, 5.41) is 3.71. The number of methoxy groups -OCH3 is 1. The zero-order valence-corrected chi connectivity index (χ0v) is 13.4. The van der Waals surface area contributed by atoms with E-state index in [1.807, 2.05) is 0 Å². The molecule has 21 heavy (non-hydrogen) atoms. The second-order valence-corrected chi connectivity index (χ2v) is 6.03. The van der Waals surface area contributed by atoms with Gasteiger partial charge in [-0.1, -0.05) is 38.3 Å². The molecule has 1 aromatic rings. The average molecular weight is 291 g/mol. The third-order valence-electron chi connectivity index (χ3n) is 4.36. The van der Waals surface area contributed by atoms with Crippen LogP contribution in [0, 0.1) is 5.92 Å². The van der Waals surface area contributed by atoms with Crippen LogP contribution in [0.5, 0.6) is 0 Å². The first-order valence-electron chi connectivity index (χ1n) is 8.24. The highest BCUT2D eigenvalue weighted by atomic mass is 16.5. The fourth-order valence-electron chi connectivity index (χ4n) is 3.11. The zero-order valence-electron chi connectivity index (χ0n) is 13.4. The Bertz CT molecular complexity index is 408. The van der Waals surface area contributed by atoms with Gasteiger partial charge in [-0.3, -0.25) is 0 Å². The smallest absolute Gasteiger partial charge is 0.0718 e. The van der Waals surface area contributed by atoms with Gasteiger partial charge in [-0.05, 0) is 36.5 Å². The van der Waals surface area contributed by atoms with Crippen molar-refractivity contribution < 1.29 is 9.47 Å². The van der Waals surface area contributed by atoms with Crippen LogP contribution < -0.4 is 5.32 Å². The average Bonchev–Trinajstić information content (AvgIpc) is 2.52. The van der Waals surface area contributed by atoms with Gasteiger partial charge in [0.25, 0.3) is 0 Å². The Balaban J connectivity index is 1.82. The van der Waals surface area contributed by atoms with Crippen molar-refractivity contribution in [3.8, 4) is 0 Å². The minimum Gasteiger partial charge on any atom is -0.382 e. The maximum Gasteiger partial charge on any atom is 0.0718 e. The first kappa shape index (κ1) is 16.3. The molecule has 1 aliphatic carbocycles. The molecule has 0 spiro atoms. The molecule has 1 saturated carbocycles. The molecule has 1 aromatic carbocycles. The second kappa shape index (κ2) is 9.06. The van der Waals surface area contributed by atoms with Gasteiger partial charge >= 0.3 is 0 Å². The van der Waals surface area contributed by atoms with Gasteiger partial charge in [0, 0.05) is 18.8 Å². The molecule has 0 amide bonds. The highest BCUT2D eigenvalue weighted by molar-refractivity contribution is 5.46. The van der Waals surface area contributed by atoms with Crippen LogP contribution in [0.2, 0.25) is 0 Å². The Morgan fingerprint density at radius 1 is 1.24 bits per heavy atom. The molecular formula is C18H29NO2. The van der Waals surface area contributed by atoms with Gasteiger partial charge in [0.2, 0.25) is 0 Å². The fraction of sp³-hybridized carbons (Fsp3) is 0.667. The van der Waals surface area contributed by atoms with E-state index in [0.717, 1.165) is 5.92 Å². The zero-order chi connectivity index (χ0) is 14.9. The molecule has 0 saturated heterocycles. The van der Waals surface area contributed by atoms with Gasteiger partial charge in [0.1, 0.15) is 0 Å². The Morgan fingerprint density at radius 3 is 2.95 bits per heavy atom. The lowest BCUT2D eigenvalue weighted by Gasteiger charge is -2.30. The normalized spacial score (nSPS) is 22.2. The molecule has 2 rings (SSSR count). The molecule has 0 radical (unpaired) electrons. The highest BCUT2D eigenvalue weighted by Crippen LogP contribution is 2.28. The van der Waals surface area contributed by atoms with Crippen molar-refractivity contribution in [2.45, 2.75) is 51.7 Å². The van der Waals surface area contributed by atoms with E-state index >= 15 is 0 Å². The predicted molar refractivity (Wildman–Crippen MR) is 87.6 cm³/mol. The Hall–Kier alpha value is -1.06. The summed E-state index contributed by atoms with van der Waals surface area (Å²) in [6, 6.07) is 9.23. The molecule has 118 valence electrons. The van der Waals surface area contributed by atoms with Crippen LogP contribution in [-0.2, 0) is 16.1 Å². The second-order valence-electron chi connectivity index (χ2n) is 6.03. The lowest BCUT2D eigenvalue weighted by Crippen LogP contribution is -2.27. The van der Waals surface area contributed by atoms with Crippen molar-refractivity contribution >= 4 is 5.69 Å². The van der Waals surface area contributed by atoms with E-state index in [2.05, 4.69) is 36.5 Å². The Morgan fingerprint density at radius 2 is 2.14 bits per heavy atom. The van der Waals surface area contributed by atoms with Crippen LogP contribution in [0.25, 0.3) is 0 Å². The number of rotatable bonds is 8. The molecule has 0 aromatic heterocycles. The van der Waals surface area contributed by atoms with Crippen molar-refractivity contribution in [1.82, 2.24) is 0 Å². The molecule has 2 atom stereocenters. The van der Waals surface area contributed by atoms with Gasteiger partial charge in [0.05, 0.1) is 19.8 Å². The maximum absolute atomic E-state index is 5.59. The quantitative estimate of drug-likeness (QED) is 0.727. The van der Waals surface area contributed by atoms with Crippen molar-refractivity contribution in [1.29, 1.82) is 0 Å². The van der Waals surface area contributed by atoms with Crippen molar-refractivity contribution in [3.63, 3.8) is 0 Å². The lowest BCUT2D eigenvalue weighted by molar-refractivity contribution is 0.0617. The van der Waals surface area contributed by atoms with Crippen LogP contribution in [0.3, 0.4) is 0 Å². The summed E-state index contributed by atoms with van der Waals surface area (Å²) in [5.41, 5.74) is 2.45. The van der Waals surface area contributed by atoms with Crippen LogP contribution in [0.1, 0.15) is 44.6 Å². The van der Waals surface area contributed by atoms with E-state index in [1.165, 1.54) is 43.4 Å². The van der Waals surface area contributed by atoms with E-state index in [0.29, 0.717) is 25.9 Å². The minimum absolute atomic E-state index is 0.633. The van der Waals surface area contributed by atoms with Gasteiger partial charge in [-0.15, -0.1) is 0 Å². The van der Waals surface area contributed by atoms with E-state index in [9.17, 15) is 0 Å². The Kier molecular flexibility index (Phi) is 7.04. The van der Waals surface area contributed by atoms with Crippen LogP contribution in [-0.4, -0.2) is 26.4 Å². The summed E-state index contributed by atoms with van der Waals surface area (Å²) in [6.07, 6.45) is 6.68. The van der Waals surface area contributed by atoms with E-state index in [4.69, 9.17) is 9.47 Å². The molecule has 3 heteroatoms. The largest absolute Gasteiger partial charge is 0.382 e. The van der Waals surface area contributed by atoms with Crippen molar-refractivity contribution in [2.24, 2.45) is 5.92 Å². The number of benzene rings is 1. The molecular weight excluding hydrogens is 262 g/mol. The molecule has 1 aliphatic rings. The number of anilines is 1. The maximum atomic E-state index is 5.59. The van der Waals surface area contributed by atoms with Crippen LogP contribution in [0.15, 0.2) is 24.3 Å². The standard InChI is InChI=1S/C18H29NO2/c1-3-15-6-4-8-17(12-15)19-18-9-5-7-16(13-18)14-21-11-10-20-2/h5,7,9,13,15,17,19H,3-4,6,8,10-12,14H2,1-2H3. The van der Waals surface area contributed by atoms with Crippen molar-refractivity contribution in [3.05, 3.63) is 29.8 Å². The number of nitrogens with one attached hydrogen (secondary N) is 1. The Labute approximate surface area is 129 Å². The third kappa shape index (κ3) is 5.68. The van der Waals surface area contributed by atoms with Gasteiger partial charge in [0.15, 0.2) is 0 Å². The van der Waals surface area contributed by atoms with E-state index < -0.39 is 0 Å². The summed E-state index contributed by atoms with van der Waals surface area (Å²) in [4.78, 5) is 0. The first-order chi connectivity index (χ1) is 10.3. The SMILES string of the molecule is CCC1CCCC(Nc2cccc(COCCOC)c2)C1. The van der Waals surface area contributed by atoms with E-state index in [1.54, 1.807) is 7.11 Å². The lowest BCUT2D eigenvalue weighted by atomic mass is 9.84. The van der Waals surface area contributed by atoms with Crippen LogP contribution >= 0.6 is 0 Å². The van der Waals surface area contributed by atoms with Crippen LogP contribution in [0.4, 0.5) is 5.69 Å². The molecule has 3 nitrogen and oxygen atoms in total. The topological polar surface area (TPSA) is 30.5 Å². The molecule has 0 aliphatic heterocycles. The summed E-state index contributed by atoms with van der Waals surface area (Å²) in [6.45, 7) is 4.26. The van der Waals surface area contributed by atoms with Gasteiger partial charge in [-0.2, -0.15) is 0 Å². The molecule has 0 bridgehead atoms. The third-order valence-corrected chi connectivity index (χ3v) is 4.36. The predicted octanol–water partition coefficient (Wildman–Crippen LogP) is 4.23. The monoisotopic (exact) mass is 291 g/mol. The molecule has 0 heterocycles. The number of hydrogen-bond donors (Lipinski definition) is 1. The number of ether oxygens (including phenoxy) is 2. The molecule has 1 N–H and O–H groups in total. The fourth-order valence-corrected chi connectivity index (χ4v) is 3.11. The van der Waals surface area contributed by atoms with Gasteiger partial charge in [-0.25, -0.2) is 0 Å². The molecule has 2 unspecified atom stereocenters. The summed E-state index contributed by atoms with van der Waals surface area (Å²) >= 11 is 0. The summed E-state index contributed by atoms with van der Waals surface area (Å²) < 4.78 is 10.6. The van der Waals surface area contributed by atoms with Crippen molar-refractivity contribution in [2.75, 3.05) is 25.6 Å². The molecule has 1 fully saturated rings. The summed E-state index contributed by atoms with van der Waals surface area (Å²) in [5.74, 6) is 0.900. The van der Waals surface area contributed by atoms with Gasteiger partial charge < -0.3 is 14.8 Å². The first-order valence-corrected chi connectivity index (χ1v) is 8.24.